The summed E-state index contributed by atoms with van der Waals surface area (Å²) in [6, 6.07) is 7.20. The van der Waals surface area contributed by atoms with Crippen LogP contribution in [0.1, 0.15) is 32.5 Å². The van der Waals surface area contributed by atoms with Crippen molar-refractivity contribution in [3.8, 4) is 0 Å². The predicted molar refractivity (Wildman–Crippen MR) is 100 cm³/mol. The third kappa shape index (κ3) is 5.60. The molecule has 134 valence electrons. The molecule has 0 spiro atoms. The van der Waals surface area contributed by atoms with E-state index in [2.05, 4.69) is 34.0 Å². The van der Waals surface area contributed by atoms with Gasteiger partial charge < -0.3 is 15.0 Å². The number of pyridine rings is 2. The minimum Gasteiger partial charge on any atom is -0.463 e. The number of hydrogen-bond acceptors (Lipinski definition) is 6. The summed E-state index contributed by atoms with van der Waals surface area (Å²) in [7, 11) is 0. The van der Waals surface area contributed by atoms with E-state index >= 15 is 0 Å². The molecule has 0 aliphatic rings. The molecule has 2 heterocycles. The Kier molecular flexibility index (Phi) is 7.01. The molecule has 0 fully saturated rings. The van der Waals surface area contributed by atoms with E-state index in [1.54, 1.807) is 24.5 Å². The van der Waals surface area contributed by atoms with Gasteiger partial charge in [-0.2, -0.15) is 0 Å². The normalized spacial score (nSPS) is 11.7. The lowest BCUT2D eigenvalue weighted by Crippen LogP contribution is -2.23. The van der Waals surface area contributed by atoms with Gasteiger partial charge in [-0.25, -0.2) is 4.98 Å². The second-order valence-electron chi connectivity index (χ2n) is 5.48. The molecule has 0 aliphatic carbocycles. The molecule has 2 aromatic heterocycles. The van der Waals surface area contributed by atoms with Crippen molar-refractivity contribution in [2.75, 3.05) is 29.9 Å². The molecule has 0 aromatic carbocycles. The number of halogens is 1. The second-order valence-corrected chi connectivity index (χ2v) is 5.91. The molecule has 0 saturated heterocycles. The van der Waals surface area contributed by atoms with Gasteiger partial charge in [-0.1, -0.05) is 11.6 Å². The van der Waals surface area contributed by atoms with Crippen LogP contribution < -0.4 is 10.2 Å². The number of nitrogens with zero attached hydrogens (tertiary/aromatic N) is 3. The van der Waals surface area contributed by atoms with Gasteiger partial charge in [0.05, 0.1) is 22.6 Å². The summed E-state index contributed by atoms with van der Waals surface area (Å²) < 4.78 is 5.15. The molecule has 0 unspecified atom stereocenters. The van der Waals surface area contributed by atoms with Crippen molar-refractivity contribution in [1.82, 2.24) is 9.97 Å². The van der Waals surface area contributed by atoms with Crippen LogP contribution in [-0.2, 0) is 9.53 Å². The highest BCUT2D eigenvalue weighted by molar-refractivity contribution is 6.30. The number of esters is 1. The first-order chi connectivity index (χ1) is 12.0. The highest BCUT2D eigenvalue weighted by Crippen LogP contribution is 2.21. The minimum atomic E-state index is -0.337. The first-order valence-electron chi connectivity index (χ1n) is 8.25. The van der Waals surface area contributed by atoms with E-state index in [1.165, 1.54) is 6.92 Å². The maximum absolute atomic E-state index is 11.2. The molecule has 0 radical (unpaired) electrons. The summed E-state index contributed by atoms with van der Waals surface area (Å²) >= 11 is 5.90. The fraction of sp³-hybridized carbons (Fsp3) is 0.389. The highest BCUT2D eigenvalue weighted by Gasteiger charge is 2.15. The Hall–Kier alpha value is -2.34. The Morgan fingerprint density at radius 1 is 1.20 bits per heavy atom. The molecule has 0 amide bonds. The fourth-order valence-electron chi connectivity index (χ4n) is 2.40. The van der Waals surface area contributed by atoms with Gasteiger partial charge in [0.15, 0.2) is 0 Å². The quantitative estimate of drug-likeness (QED) is 0.722. The topological polar surface area (TPSA) is 67.3 Å². The molecule has 2 aromatic rings. The van der Waals surface area contributed by atoms with Gasteiger partial charge in [0.2, 0.25) is 0 Å². The standard InChI is InChI=1S/C18H23ClN4O2/c1-4-23(5-2)18-9-7-15(11-21-18)22-17(12-25-13(3)24)16-8-6-14(19)10-20-16/h6-11,17,22H,4-5,12H2,1-3H3/t17-/m0/s1. The number of nitrogens with one attached hydrogen (secondary N) is 1. The van der Waals surface area contributed by atoms with Gasteiger partial charge in [-0.3, -0.25) is 9.78 Å². The zero-order chi connectivity index (χ0) is 18.2. The molecular weight excluding hydrogens is 340 g/mol. The van der Waals surface area contributed by atoms with Crippen molar-refractivity contribution in [3.05, 3.63) is 47.4 Å². The average molecular weight is 363 g/mol. The van der Waals surface area contributed by atoms with Gasteiger partial charge >= 0.3 is 5.97 Å². The summed E-state index contributed by atoms with van der Waals surface area (Å²) in [6.45, 7) is 7.55. The zero-order valence-corrected chi connectivity index (χ0v) is 15.5. The van der Waals surface area contributed by atoms with Crippen molar-refractivity contribution < 1.29 is 9.53 Å². The second kappa shape index (κ2) is 9.22. The van der Waals surface area contributed by atoms with Crippen molar-refractivity contribution in [2.24, 2.45) is 0 Å². The van der Waals surface area contributed by atoms with Gasteiger partial charge in [-0.05, 0) is 38.1 Å². The Morgan fingerprint density at radius 3 is 2.48 bits per heavy atom. The Labute approximate surface area is 153 Å². The Bertz CT molecular complexity index is 672. The van der Waals surface area contributed by atoms with Crippen LogP contribution in [0.3, 0.4) is 0 Å². The average Bonchev–Trinajstić information content (AvgIpc) is 2.61. The van der Waals surface area contributed by atoms with Crippen LogP contribution in [0.15, 0.2) is 36.7 Å². The molecular formula is C18H23ClN4O2. The molecule has 1 atom stereocenters. The van der Waals surface area contributed by atoms with Gasteiger partial charge in [0.1, 0.15) is 18.5 Å². The lowest BCUT2D eigenvalue weighted by Gasteiger charge is -2.21. The molecule has 6 nitrogen and oxygen atoms in total. The van der Waals surface area contributed by atoms with Gasteiger partial charge in [0, 0.05) is 26.2 Å². The third-order valence-electron chi connectivity index (χ3n) is 3.74. The summed E-state index contributed by atoms with van der Waals surface area (Å²) in [4.78, 5) is 22.1. The van der Waals surface area contributed by atoms with Gasteiger partial charge in [0.25, 0.3) is 0 Å². The molecule has 2 rings (SSSR count). The number of ether oxygens (including phenoxy) is 1. The number of rotatable bonds is 8. The monoisotopic (exact) mass is 362 g/mol. The maximum atomic E-state index is 11.2. The maximum Gasteiger partial charge on any atom is 0.302 e. The smallest absolute Gasteiger partial charge is 0.302 e. The molecule has 0 aliphatic heterocycles. The summed E-state index contributed by atoms with van der Waals surface area (Å²) in [6.07, 6.45) is 3.34. The zero-order valence-electron chi connectivity index (χ0n) is 14.7. The Balaban J connectivity index is 2.15. The van der Waals surface area contributed by atoms with E-state index in [4.69, 9.17) is 16.3 Å². The lowest BCUT2D eigenvalue weighted by atomic mass is 10.2. The van der Waals surface area contributed by atoms with Crippen LogP contribution in [0.5, 0.6) is 0 Å². The molecule has 0 saturated carbocycles. The minimum absolute atomic E-state index is 0.168. The van der Waals surface area contributed by atoms with Crippen molar-refractivity contribution in [1.29, 1.82) is 0 Å². The van der Waals surface area contributed by atoms with E-state index in [0.717, 1.165) is 30.3 Å². The predicted octanol–water partition coefficient (Wildman–Crippen LogP) is 3.69. The van der Waals surface area contributed by atoms with Crippen LogP contribution in [0.2, 0.25) is 5.02 Å². The summed E-state index contributed by atoms with van der Waals surface area (Å²) in [5, 5.41) is 3.86. The van der Waals surface area contributed by atoms with Crippen molar-refractivity contribution in [3.63, 3.8) is 0 Å². The number of carbonyl (C=O) groups excluding carboxylic acids is 1. The molecule has 25 heavy (non-hydrogen) atoms. The number of hydrogen-bond donors (Lipinski definition) is 1. The van der Waals surface area contributed by atoms with Crippen molar-refractivity contribution >= 4 is 29.1 Å². The summed E-state index contributed by atoms with van der Waals surface area (Å²) in [5.41, 5.74) is 1.56. The SMILES string of the molecule is CCN(CC)c1ccc(N[C@@H](COC(C)=O)c2ccc(Cl)cn2)cn1. The van der Waals surface area contributed by atoms with E-state index in [-0.39, 0.29) is 18.6 Å². The van der Waals surface area contributed by atoms with Crippen LogP contribution >= 0.6 is 11.6 Å². The number of carbonyl (C=O) groups is 1. The lowest BCUT2D eigenvalue weighted by molar-refractivity contribution is -0.141. The van der Waals surface area contributed by atoms with E-state index in [1.807, 2.05) is 12.1 Å². The van der Waals surface area contributed by atoms with Crippen LogP contribution in [-0.4, -0.2) is 35.6 Å². The molecule has 1 N–H and O–H groups in total. The van der Waals surface area contributed by atoms with Crippen LogP contribution in [0, 0.1) is 0 Å². The van der Waals surface area contributed by atoms with Crippen LogP contribution in [0.25, 0.3) is 0 Å². The fourth-order valence-corrected chi connectivity index (χ4v) is 2.51. The highest BCUT2D eigenvalue weighted by atomic mass is 35.5. The Morgan fingerprint density at radius 2 is 1.96 bits per heavy atom. The van der Waals surface area contributed by atoms with E-state index in [9.17, 15) is 4.79 Å². The van der Waals surface area contributed by atoms with Gasteiger partial charge in [-0.15, -0.1) is 0 Å². The number of aromatic nitrogens is 2. The summed E-state index contributed by atoms with van der Waals surface area (Å²) in [5.74, 6) is 0.590. The van der Waals surface area contributed by atoms with E-state index in [0.29, 0.717) is 5.02 Å². The van der Waals surface area contributed by atoms with E-state index < -0.39 is 0 Å². The molecule has 0 bridgehead atoms. The first-order valence-corrected chi connectivity index (χ1v) is 8.63. The number of anilines is 2. The first kappa shape index (κ1) is 19.0. The molecule has 7 heteroatoms. The van der Waals surface area contributed by atoms with Crippen LogP contribution in [0.4, 0.5) is 11.5 Å². The van der Waals surface area contributed by atoms with Crippen molar-refractivity contribution in [2.45, 2.75) is 26.8 Å². The third-order valence-corrected chi connectivity index (χ3v) is 3.96. The largest absolute Gasteiger partial charge is 0.463 e.